The highest BCUT2D eigenvalue weighted by Gasteiger charge is 2.04. The van der Waals surface area contributed by atoms with Gasteiger partial charge in [0.05, 0.1) is 0 Å². The average molecular weight is 375 g/mol. The summed E-state index contributed by atoms with van der Waals surface area (Å²) >= 11 is 6.62. The van der Waals surface area contributed by atoms with Crippen LogP contribution in [0.15, 0.2) is 45.3 Å². The van der Waals surface area contributed by atoms with E-state index < -0.39 is 0 Å². The van der Waals surface area contributed by atoms with Gasteiger partial charge in [0.15, 0.2) is 0 Å². The quantitative estimate of drug-likeness (QED) is 0.802. The Kier molecular flexibility index (Phi) is 4.24. The third kappa shape index (κ3) is 3.46. The molecule has 0 aliphatic carbocycles. The Morgan fingerprint density at radius 3 is 2.56 bits per heavy atom. The van der Waals surface area contributed by atoms with E-state index in [2.05, 4.69) is 31.9 Å². The fraction of sp³-hybridized carbons (Fsp3) is 0.0769. The molecule has 0 aliphatic rings. The molecule has 0 saturated carbocycles. The molecule has 0 aliphatic heterocycles. The lowest BCUT2D eigenvalue weighted by Gasteiger charge is -2.09. The van der Waals surface area contributed by atoms with Gasteiger partial charge in [-0.25, -0.2) is 4.39 Å². The number of rotatable bonds is 3. The highest BCUT2D eigenvalue weighted by atomic mass is 79.9. The minimum atomic E-state index is -0.337. The van der Waals surface area contributed by atoms with Crippen molar-refractivity contribution in [3.8, 4) is 5.75 Å². The maximum Gasteiger partial charge on any atom is 0.128 e. The molecule has 0 saturated heterocycles. The maximum absolute atomic E-state index is 13.2. The summed E-state index contributed by atoms with van der Waals surface area (Å²) in [5, 5.41) is 0. The second-order valence-corrected chi connectivity index (χ2v) is 5.51. The van der Waals surface area contributed by atoms with Gasteiger partial charge in [0.1, 0.15) is 18.2 Å². The van der Waals surface area contributed by atoms with Gasteiger partial charge >= 0.3 is 0 Å². The van der Waals surface area contributed by atoms with Crippen LogP contribution in [0.25, 0.3) is 0 Å². The van der Waals surface area contributed by atoms with Crippen LogP contribution in [0.1, 0.15) is 5.56 Å². The molecule has 0 unspecified atom stereocenters. The Bertz CT molecular complexity index is 555. The van der Waals surface area contributed by atoms with Crippen molar-refractivity contribution in [1.29, 1.82) is 0 Å². The van der Waals surface area contributed by atoms with Crippen molar-refractivity contribution in [2.75, 3.05) is 5.73 Å². The van der Waals surface area contributed by atoms with Crippen molar-refractivity contribution < 1.29 is 9.13 Å². The normalized spacial score (nSPS) is 10.4. The van der Waals surface area contributed by atoms with E-state index in [0.717, 1.165) is 10.0 Å². The Balaban J connectivity index is 2.11. The van der Waals surface area contributed by atoms with Gasteiger partial charge in [-0.15, -0.1) is 0 Å². The average Bonchev–Trinajstić information content (AvgIpc) is 2.26. The molecule has 2 N–H and O–H groups in total. The first-order valence-corrected chi connectivity index (χ1v) is 6.76. The van der Waals surface area contributed by atoms with Crippen LogP contribution in [0.4, 0.5) is 10.1 Å². The monoisotopic (exact) mass is 373 g/mol. The standard InChI is InChI=1S/C13H10Br2FNO/c14-9-3-10(16)5-12(4-9)18-7-8-1-2-11(17)6-13(8)15/h1-6H,7,17H2. The first-order chi connectivity index (χ1) is 8.54. The molecule has 94 valence electrons. The summed E-state index contributed by atoms with van der Waals surface area (Å²) in [6.07, 6.45) is 0. The van der Waals surface area contributed by atoms with Crippen LogP contribution in [0.3, 0.4) is 0 Å². The Morgan fingerprint density at radius 1 is 1.11 bits per heavy atom. The third-order valence-corrected chi connectivity index (χ3v) is 3.50. The number of nitrogens with two attached hydrogens (primary N) is 1. The van der Waals surface area contributed by atoms with Crippen molar-refractivity contribution >= 4 is 37.5 Å². The molecular weight excluding hydrogens is 365 g/mol. The molecule has 0 heterocycles. The molecule has 0 radical (unpaired) electrons. The number of nitrogen functional groups attached to an aromatic ring is 1. The summed E-state index contributed by atoms with van der Waals surface area (Å²) in [7, 11) is 0. The third-order valence-electron chi connectivity index (χ3n) is 2.31. The molecule has 18 heavy (non-hydrogen) atoms. The van der Waals surface area contributed by atoms with E-state index in [0.29, 0.717) is 22.5 Å². The summed E-state index contributed by atoms with van der Waals surface area (Å²) in [6.45, 7) is 0.344. The lowest BCUT2D eigenvalue weighted by molar-refractivity contribution is 0.303. The predicted octanol–water partition coefficient (Wildman–Crippen LogP) is 4.51. The fourth-order valence-electron chi connectivity index (χ4n) is 1.45. The van der Waals surface area contributed by atoms with E-state index in [4.69, 9.17) is 10.5 Å². The largest absolute Gasteiger partial charge is 0.489 e. The van der Waals surface area contributed by atoms with Crippen LogP contribution in [-0.4, -0.2) is 0 Å². The Morgan fingerprint density at radius 2 is 1.89 bits per heavy atom. The zero-order valence-corrected chi connectivity index (χ0v) is 12.5. The zero-order valence-electron chi connectivity index (χ0n) is 9.29. The van der Waals surface area contributed by atoms with Crippen molar-refractivity contribution in [2.45, 2.75) is 6.61 Å². The van der Waals surface area contributed by atoms with Gasteiger partial charge in [-0.2, -0.15) is 0 Å². The number of ether oxygens (including phenoxy) is 1. The van der Waals surface area contributed by atoms with Gasteiger partial charge in [0.2, 0.25) is 0 Å². The molecule has 0 aromatic heterocycles. The molecule has 0 bridgehead atoms. The van der Waals surface area contributed by atoms with E-state index >= 15 is 0 Å². The van der Waals surface area contributed by atoms with Gasteiger partial charge in [0, 0.05) is 26.3 Å². The van der Waals surface area contributed by atoms with E-state index in [1.54, 1.807) is 18.2 Å². The fourth-order valence-corrected chi connectivity index (χ4v) is 2.41. The Labute approximate surface area is 121 Å². The number of benzene rings is 2. The highest BCUT2D eigenvalue weighted by Crippen LogP contribution is 2.24. The maximum atomic E-state index is 13.2. The van der Waals surface area contributed by atoms with Crippen LogP contribution < -0.4 is 10.5 Å². The summed E-state index contributed by atoms with van der Waals surface area (Å²) < 4.78 is 20.2. The van der Waals surface area contributed by atoms with Gasteiger partial charge in [-0.1, -0.05) is 37.9 Å². The van der Waals surface area contributed by atoms with Gasteiger partial charge in [-0.3, -0.25) is 0 Å². The molecule has 2 rings (SSSR count). The second-order valence-electron chi connectivity index (χ2n) is 3.74. The van der Waals surface area contributed by atoms with Crippen LogP contribution in [-0.2, 0) is 6.61 Å². The first-order valence-electron chi connectivity index (χ1n) is 5.17. The van der Waals surface area contributed by atoms with E-state index in [1.807, 2.05) is 6.07 Å². The molecule has 2 aromatic rings. The van der Waals surface area contributed by atoms with Gasteiger partial charge < -0.3 is 10.5 Å². The van der Waals surface area contributed by atoms with Crippen LogP contribution >= 0.6 is 31.9 Å². The molecule has 0 spiro atoms. The summed E-state index contributed by atoms with van der Waals surface area (Å²) in [5.74, 6) is 0.140. The highest BCUT2D eigenvalue weighted by molar-refractivity contribution is 9.10. The molecule has 0 atom stereocenters. The molecule has 0 amide bonds. The van der Waals surface area contributed by atoms with Gasteiger partial charge in [0.25, 0.3) is 0 Å². The molecule has 2 aromatic carbocycles. The number of hydrogen-bond acceptors (Lipinski definition) is 2. The Hall–Kier alpha value is -1.07. The second kappa shape index (κ2) is 5.71. The van der Waals surface area contributed by atoms with Gasteiger partial charge in [-0.05, 0) is 24.3 Å². The summed E-state index contributed by atoms with van der Waals surface area (Å²) in [4.78, 5) is 0. The topological polar surface area (TPSA) is 35.2 Å². The van der Waals surface area contributed by atoms with E-state index in [-0.39, 0.29) is 5.82 Å². The van der Waals surface area contributed by atoms with Crippen LogP contribution in [0.2, 0.25) is 0 Å². The predicted molar refractivity (Wildman–Crippen MR) is 77.0 cm³/mol. The van der Waals surface area contributed by atoms with Crippen LogP contribution in [0.5, 0.6) is 5.75 Å². The molecule has 2 nitrogen and oxygen atoms in total. The minimum Gasteiger partial charge on any atom is -0.489 e. The first kappa shape index (κ1) is 13.4. The van der Waals surface area contributed by atoms with E-state index in [9.17, 15) is 4.39 Å². The minimum absolute atomic E-state index is 0.337. The summed E-state index contributed by atoms with van der Waals surface area (Å²) in [5.41, 5.74) is 7.28. The molecule has 5 heteroatoms. The number of anilines is 1. The van der Waals surface area contributed by atoms with Crippen molar-refractivity contribution in [3.63, 3.8) is 0 Å². The lowest BCUT2D eigenvalue weighted by Crippen LogP contribution is -1.98. The lowest BCUT2D eigenvalue weighted by atomic mass is 10.2. The number of halogens is 3. The van der Waals surface area contributed by atoms with Crippen LogP contribution in [0, 0.1) is 5.82 Å². The number of hydrogen-bond donors (Lipinski definition) is 1. The SMILES string of the molecule is Nc1ccc(COc2cc(F)cc(Br)c2)c(Br)c1. The zero-order chi connectivity index (χ0) is 13.1. The molecular formula is C13H10Br2FNO. The smallest absolute Gasteiger partial charge is 0.128 e. The van der Waals surface area contributed by atoms with E-state index in [1.165, 1.54) is 12.1 Å². The van der Waals surface area contributed by atoms with Crippen molar-refractivity contribution in [3.05, 3.63) is 56.7 Å². The molecule has 0 fully saturated rings. The van der Waals surface area contributed by atoms with Crippen molar-refractivity contribution in [2.24, 2.45) is 0 Å². The van der Waals surface area contributed by atoms with Crippen molar-refractivity contribution in [1.82, 2.24) is 0 Å². The summed E-state index contributed by atoms with van der Waals surface area (Å²) in [6, 6.07) is 9.91.